The van der Waals surface area contributed by atoms with E-state index in [1.165, 1.54) is 9.87 Å². The van der Waals surface area contributed by atoms with E-state index >= 15 is 0 Å². The normalized spacial score (nSPS) is 18.7. The highest BCUT2D eigenvalue weighted by Gasteiger charge is 2.32. The molecule has 0 atom stereocenters. The monoisotopic (exact) mass is 414 g/mol. The average Bonchev–Trinajstić information content (AvgIpc) is 3.41. The zero-order valence-electron chi connectivity index (χ0n) is 16.0. The largest absolute Gasteiger partial charge is 0.454 e. The Kier molecular flexibility index (Phi) is 4.48. The van der Waals surface area contributed by atoms with Crippen LogP contribution in [0, 0.1) is 0 Å². The van der Waals surface area contributed by atoms with Crippen molar-refractivity contribution in [3.8, 4) is 11.5 Å². The zero-order chi connectivity index (χ0) is 20.0. The lowest BCUT2D eigenvalue weighted by molar-refractivity contribution is 0.0693. The van der Waals surface area contributed by atoms with Crippen molar-refractivity contribution >= 4 is 15.9 Å². The first-order valence-corrected chi connectivity index (χ1v) is 11.3. The maximum atomic E-state index is 13.1. The van der Waals surface area contributed by atoms with Gasteiger partial charge in [-0.3, -0.25) is 4.79 Å². The Balaban J connectivity index is 1.30. The van der Waals surface area contributed by atoms with Crippen molar-refractivity contribution in [2.45, 2.75) is 24.2 Å². The van der Waals surface area contributed by atoms with Crippen molar-refractivity contribution in [2.75, 3.05) is 33.0 Å². The lowest BCUT2D eigenvalue weighted by Gasteiger charge is -2.34. The van der Waals surface area contributed by atoms with E-state index in [2.05, 4.69) is 0 Å². The molecule has 1 amide bonds. The summed E-state index contributed by atoms with van der Waals surface area (Å²) >= 11 is 0. The molecule has 0 spiro atoms. The summed E-state index contributed by atoms with van der Waals surface area (Å²) in [5, 5.41) is 0. The van der Waals surface area contributed by atoms with Crippen LogP contribution < -0.4 is 9.47 Å². The van der Waals surface area contributed by atoms with Gasteiger partial charge in [0.05, 0.1) is 10.5 Å². The standard InChI is InChI=1S/C21H22N2O5S/c24-21(18-5-2-6-19-20(18)28-14-27-19)22-9-11-23(12-10-22)29(25,26)17-8-7-15-3-1-4-16(15)13-17/h2,5-8,13H,1,3-4,9-12,14H2. The van der Waals surface area contributed by atoms with Gasteiger partial charge in [0.25, 0.3) is 5.91 Å². The predicted octanol–water partition coefficient (Wildman–Crippen LogP) is 2.05. The zero-order valence-corrected chi connectivity index (χ0v) is 16.8. The van der Waals surface area contributed by atoms with Crippen molar-refractivity contribution in [3.63, 3.8) is 0 Å². The van der Waals surface area contributed by atoms with Gasteiger partial charge >= 0.3 is 0 Å². The van der Waals surface area contributed by atoms with Crippen LogP contribution in [0.25, 0.3) is 0 Å². The lowest BCUT2D eigenvalue weighted by atomic mass is 10.1. The number of aryl methyl sites for hydroxylation is 2. The van der Waals surface area contributed by atoms with E-state index in [9.17, 15) is 13.2 Å². The van der Waals surface area contributed by atoms with Gasteiger partial charge in [0.2, 0.25) is 16.8 Å². The predicted molar refractivity (Wildman–Crippen MR) is 106 cm³/mol. The summed E-state index contributed by atoms with van der Waals surface area (Å²) in [6.45, 7) is 1.34. The van der Waals surface area contributed by atoms with Crippen LogP contribution in [0.4, 0.5) is 0 Å². The fourth-order valence-corrected chi connectivity index (χ4v) is 5.73. The minimum Gasteiger partial charge on any atom is -0.454 e. The summed E-state index contributed by atoms with van der Waals surface area (Å²) in [7, 11) is -3.56. The first-order valence-electron chi connectivity index (χ1n) is 9.84. The van der Waals surface area contributed by atoms with Crippen LogP contribution >= 0.6 is 0 Å². The van der Waals surface area contributed by atoms with Crippen LogP contribution in [0.15, 0.2) is 41.3 Å². The van der Waals surface area contributed by atoms with E-state index in [0.717, 1.165) is 24.8 Å². The maximum Gasteiger partial charge on any atom is 0.257 e. The molecule has 3 aliphatic rings. The minimum absolute atomic E-state index is 0.104. The number of nitrogens with zero attached hydrogens (tertiary/aromatic N) is 2. The van der Waals surface area contributed by atoms with E-state index in [4.69, 9.17) is 9.47 Å². The van der Waals surface area contributed by atoms with E-state index in [-0.39, 0.29) is 25.8 Å². The van der Waals surface area contributed by atoms with Crippen LogP contribution in [0.3, 0.4) is 0 Å². The maximum absolute atomic E-state index is 13.1. The highest BCUT2D eigenvalue weighted by Crippen LogP contribution is 2.36. The fraction of sp³-hybridized carbons (Fsp3) is 0.381. The molecule has 8 heteroatoms. The Labute approximate surface area is 169 Å². The van der Waals surface area contributed by atoms with E-state index in [0.29, 0.717) is 35.0 Å². The molecule has 1 fully saturated rings. The molecule has 0 saturated carbocycles. The van der Waals surface area contributed by atoms with E-state index in [1.807, 2.05) is 12.1 Å². The molecule has 29 heavy (non-hydrogen) atoms. The number of fused-ring (bicyclic) bond motifs is 2. The highest BCUT2D eigenvalue weighted by molar-refractivity contribution is 7.89. The first kappa shape index (κ1) is 18.4. The summed E-state index contributed by atoms with van der Waals surface area (Å²) in [5.41, 5.74) is 2.84. The smallest absolute Gasteiger partial charge is 0.257 e. The third-order valence-electron chi connectivity index (χ3n) is 5.86. The van der Waals surface area contributed by atoms with Gasteiger partial charge in [-0.25, -0.2) is 8.42 Å². The topological polar surface area (TPSA) is 76.2 Å². The van der Waals surface area contributed by atoms with Gasteiger partial charge < -0.3 is 14.4 Å². The highest BCUT2D eigenvalue weighted by atomic mass is 32.2. The number of benzene rings is 2. The molecule has 1 saturated heterocycles. The molecule has 152 valence electrons. The fourth-order valence-electron chi connectivity index (χ4n) is 4.26. The van der Waals surface area contributed by atoms with Crippen molar-refractivity contribution < 1.29 is 22.7 Å². The minimum atomic E-state index is -3.56. The number of hydrogen-bond acceptors (Lipinski definition) is 5. The molecule has 0 N–H and O–H groups in total. The van der Waals surface area contributed by atoms with Gasteiger partial charge in [0.15, 0.2) is 11.5 Å². The third kappa shape index (κ3) is 3.16. The van der Waals surface area contributed by atoms with Crippen molar-refractivity contribution in [2.24, 2.45) is 0 Å². The van der Waals surface area contributed by atoms with Crippen LogP contribution in [0.2, 0.25) is 0 Å². The van der Waals surface area contributed by atoms with Gasteiger partial charge in [-0.05, 0) is 54.7 Å². The van der Waals surface area contributed by atoms with E-state index < -0.39 is 10.0 Å². The Morgan fingerprint density at radius 2 is 1.72 bits per heavy atom. The molecule has 0 unspecified atom stereocenters. The summed E-state index contributed by atoms with van der Waals surface area (Å²) in [4.78, 5) is 15.0. The van der Waals surface area contributed by atoms with E-state index in [1.54, 1.807) is 29.2 Å². The average molecular weight is 414 g/mol. The Morgan fingerprint density at radius 3 is 2.55 bits per heavy atom. The quantitative estimate of drug-likeness (QED) is 0.768. The number of para-hydroxylation sites is 1. The van der Waals surface area contributed by atoms with Gasteiger partial charge in [-0.1, -0.05) is 12.1 Å². The Bertz CT molecular complexity index is 1070. The second kappa shape index (κ2) is 7.03. The number of carbonyl (C=O) groups is 1. The second-order valence-corrected chi connectivity index (χ2v) is 9.46. The Hall–Kier alpha value is -2.58. The lowest BCUT2D eigenvalue weighted by Crippen LogP contribution is -2.50. The summed E-state index contributed by atoms with van der Waals surface area (Å²) in [6.07, 6.45) is 3.04. The van der Waals surface area contributed by atoms with Gasteiger partial charge in [0, 0.05) is 26.2 Å². The molecule has 1 aliphatic carbocycles. The summed E-state index contributed by atoms with van der Waals surface area (Å²) in [6, 6.07) is 10.7. The number of ether oxygens (including phenoxy) is 2. The SMILES string of the molecule is O=C(c1cccc2c1OCO2)N1CCN(S(=O)(=O)c2ccc3c(c2)CCC3)CC1. The summed E-state index contributed by atoms with van der Waals surface area (Å²) < 4.78 is 38.4. The molecule has 0 bridgehead atoms. The molecule has 2 heterocycles. The number of amides is 1. The van der Waals surface area contributed by atoms with Crippen LogP contribution in [0.1, 0.15) is 27.9 Å². The van der Waals surface area contributed by atoms with Crippen molar-refractivity contribution in [1.82, 2.24) is 9.21 Å². The van der Waals surface area contributed by atoms with Crippen molar-refractivity contribution in [3.05, 3.63) is 53.1 Å². The number of hydrogen-bond donors (Lipinski definition) is 0. The van der Waals surface area contributed by atoms with Gasteiger partial charge in [-0.2, -0.15) is 4.31 Å². The third-order valence-corrected chi connectivity index (χ3v) is 7.76. The molecule has 2 aromatic carbocycles. The van der Waals surface area contributed by atoms with Crippen LogP contribution in [-0.4, -0.2) is 56.5 Å². The number of carbonyl (C=O) groups excluding carboxylic acids is 1. The van der Waals surface area contributed by atoms with Crippen LogP contribution in [-0.2, 0) is 22.9 Å². The van der Waals surface area contributed by atoms with Crippen molar-refractivity contribution in [1.29, 1.82) is 0 Å². The van der Waals surface area contributed by atoms with Gasteiger partial charge in [0.1, 0.15) is 0 Å². The number of sulfonamides is 1. The van der Waals surface area contributed by atoms with Crippen LogP contribution in [0.5, 0.6) is 11.5 Å². The summed E-state index contributed by atoms with van der Waals surface area (Å²) in [5.74, 6) is 0.862. The molecule has 7 nitrogen and oxygen atoms in total. The molecular weight excluding hydrogens is 392 g/mol. The van der Waals surface area contributed by atoms with Gasteiger partial charge in [-0.15, -0.1) is 0 Å². The number of rotatable bonds is 3. The molecular formula is C21H22N2O5S. The first-order chi connectivity index (χ1) is 14.0. The Morgan fingerprint density at radius 1 is 0.931 bits per heavy atom. The molecule has 2 aliphatic heterocycles. The molecule has 2 aromatic rings. The second-order valence-electron chi connectivity index (χ2n) is 7.52. The number of piperazine rings is 1. The molecule has 5 rings (SSSR count). The molecule has 0 radical (unpaired) electrons. The molecule has 0 aromatic heterocycles.